The lowest BCUT2D eigenvalue weighted by molar-refractivity contribution is 0.0728. The standard InChI is InChI=1S/C28H32N4O3/c1-35-26-8-4-3-7-23(26)27(33)31-16-11-25-22(20-31)19-24(21-9-12-29-13-10-21)28(34)32(25)18-17-30-14-5-2-6-15-30/h3-4,7-10,12-13,19H,2,5-6,11,14-18,20H2,1H3. The van der Waals surface area contributed by atoms with Crippen LogP contribution in [0, 0.1) is 0 Å². The van der Waals surface area contributed by atoms with Crippen LogP contribution in [0.4, 0.5) is 0 Å². The lowest BCUT2D eigenvalue weighted by Crippen LogP contribution is -2.41. The molecule has 0 saturated carbocycles. The first-order valence-corrected chi connectivity index (χ1v) is 12.5. The number of hydrogen-bond donors (Lipinski definition) is 0. The second-order valence-electron chi connectivity index (χ2n) is 9.30. The van der Waals surface area contributed by atoms with Gasteiger partial charge in [-0.25, -0.2) is 0 Å². The molecule has 4 heterocycles. The Hall–Kier alpha value is -3.45. The first-order chi connectivity index (χ1) is 17.2. The maximum atomic E-state index is 13.7. The van der Waals surface area contributed by atoms with E-state index in [1.54, 1.807) is 25.6 Å². The number of methoxy groups -OCH3 is 1. The van der Waals surface area contributed by atoms with Crippen molar-refractivity contribution in [2.24, 2.45) is 0 Å². The summed E-state index contributed by atoms with van der Waals surface area (Å²) in [6, 6.07) is 13.1. The Balaban J connectivity index is 1.49. The number of benzene rings is 1. The number of ether oxygens (including phenoxy) is 1. The number of likely N-dealkylation sites (tertiary alicyclic amines) is 1. The lowest BCUT2D eigenvalue weighted by atomic mass is 9.98. The van der Waals surface area contributed by atoms with Crippen molar-refractivity contribution in [3.63, 3.8) is 0 Å². The molecule has 0 N–H and O–H groups in total. The van der Waals surface area contributed by atoms with Crippen molar-refractivity contribution in [2.45, 2.75) is 38.8 Å². The molecule has 0 spiro atoms. The number of carbonyl (C=O) groups is 1. The van der Waals surface area contributed by atoms with Crippen molar-refractivity contribution in [3.05, 3.63) is 82.0 Å². The van der Waals surface area contributed by atoms with Crippen LogP contribution in [0.2, 0.25) is 0 Å². The Morgan fingerprint density at radius 3 is 2.54 bits per heavy atom. The number of nitrogens with zero attached hydrogens (tertiary/aromatic N) is 4. The van der Waals surface area contributed by atoms with E-state index in [9.17, 15) is 9.59 Å². The first kappa shape index (κ1) is 23.3. The molecule has 182 valence electrons. The summed E-state index contributed by atoms with van der Waals surface area (Å²) in [5.41, 5.74) is 4.20. The molecule has 7 nitrogen and oxygen atoms in total. The number of rotatable bonds is 6. The molecule has 3 aromatic rings. The van der Waals surface area contributed by atoms with E-state index in [4.69, 9.17) is 4.74 Å². The average molecular weight is 473 g/mol. The van der Waals surface area contributed by atoms with Crippen LogP contribution in [0.25, 0.3) is 11.1 Å². The van der Waals surface area contributed by atoms with E-state index in [0.717, 1.165) is 36.5 Å². The zero-order valence-electron chi connectivity index (χ0n) is 20.3. The van der Waals surface area contributed by atoms with Crippen LogP contribution < -0.4 is 10.3 Å². The van der Waals surface area contributed by atoms with E-state index < -0.39 is 0 Å². The van der Waals surface area contributed by atoms with Gasteiger partial charge in [-0.2, -0.15) is 0 Å². The third kappa shape index (κ3) is 4.86. The zero-order valence-corrected chi connectivity index (χ0v) is 20.3. The molecule has 1 aromatic carbocycles. The molecule has 1 amide bonds. The van der Waals surface area contributed by atoms with Crippen LogP contribution in [0.1, 0.15) is 40.9 Å². The van der Waals surface area contributed by atoms with E-state index in [-0.39, 0.29) is 11.5 Å². The maximum Gasteiger partial charge on any atom is 0.258 e. The minimum Gasteiger partial charge on any atom is -0.496 e. The van der Waals surface area contributed by atoms with Crippen LogP contribution >= 0.6 is 0 Å². The fourth-order valence-electron chi connectivity index (χ4n) is 5.28. The molecular formula is C28H32N4O3. The Kier molecular flexibility index (Phi) is 6.95. The van der Waals surface area contributed by atoms with Gasteiger partial charge in [0.1, 0.15) is 5.75 Å². The summed E-state index contributed by atoms with van der Waals surface area (Å²) in [4.78, 5) is 35.5. The smallest absolute Gasteiger partial charge is 0.258 e. The summed E-state index contributed by atoms with van der Waals surface area (Å²) in [6.45, 7) is 4.77. The average Bonchev–Trinajstić information content (AvgIpc) is 2.92. The Bertz CT molecular complexity index is 1250. The molecule has 0 atom stereocenters. The highest BCUT2D eigenvalue weighted by Gasteiger charge is 2.27. The van der Waals surface area contributed by atoms with Gasteiger partial charge in [-0.3, -0.25) is 14.6 Å². The van der Waals surface area contributed by atoms with Gasteiger partial charge in [0.2, 0.25) is 0 Å². The third-order valence-electron chi connectivity index (χ3n) is 7.17. The summed E-state index contributed by atoms with van der Waals surface area (Å²) in [6.07, 6.45) is 7.82. The minimum absolute atomic E-state index is 0.0384. The highest BCUT2D eigenvalue weighted by molar-refractivity contribution is 5.97. The molecule has 2 aliphatic rings. The molecule has 5 rings (SSSR count). The topological polar surface area (TPSA) is 67.7 Å². The van der Waals surface area contributed by atoms with E-state index in [1.807, 2.05) is 45.9 Å². The van der Waals surface area contributed by atoms with Crippen molar-refractivity contribution in [2.75, 3.05) is 33.3 Å². The predicted octanol–water partition coefficient (Wildman–Crippen LogP) is 3.60. The second kappa shape index (κ2) is 10.4. The van der Waals surface area contributed by atoms with Crippen molar-refractivity contribution >= 4 is 5.91 Å². The van der Waals surface area contributed by atoms with Gasteiger partial charge in [-0.05, 0) is 67.4 Å². The number of carbonyl (C=O) groups excluding carboxylic acids is 1. The largest absolute Gasteiger partial charge is 0.496 e. The Morgan fingerprint density at radius 1 is 1.00 bits per heavy atom. The number of fused-ring (bicyclic) bond motifs is 1. The number of pyridine rings is 2. The highest BCUT2D eigenvalue weighted by atomic mass is 16.5. The van der Waals surface area contributed by atoms with Gasteiger partial charge < -0.3 is 19.1 Å². The molecule has 2 aromatic heterocycles. The number of amides is 1. The number of aromatic nitrogens is 2. The van der Waals surface area contributed by atoms with Crippen molar-refractivity contribution in [3.8, 4) is 16.9 Å². The third-order valence-corrected chi connectivity index (χ3v) is 7.17. The van der Waals surface area contributed by atoms with E-state index in [2.05, 4.69) is 9.88 Å². The van der Waals surface area contributed by atoms with Gasteiger partial charge in [-0.15, -0.1) is 0 Å². The Morgan fingerprint density at radius 2 is 1.77 bits per heavy atom. The van der Waals surface area contributed by atoms with Crippen LogP contribution in [0.3, 0.4) is 0 Å². The molecule has 2 aliphatic heterocycles. The van der Waals surface area contributed by atoms with Crippen LogP contribution in [0.15, 0.2) is 59.7 Å². The monoisotopic (exact) mass is 472 g/mol. The molecule has 0 unspecified atom stereocenters. The van der Waals surface area contributed by atoms with Gasteiger partial charge in [0.25, 0.3) is 11.5 Å². The summed E-state index contributed by atoms with van der Waals surface area (Å²) in [5, 5.41) is 0. The van der Waals surface area contributed by atoms with Crippen LogP contribution in [-0.2, 0) is 19.5 Å². The normalized spacial score (nSPS) is 16.1. The van der Waals surface area contributed by atoms with Gasteiger partial charge >= 0.3 is 0 Å². The maximum absolute atomic E-state index is 13.7. The van der Waals surface area contributed by atoms with Gasteiger partial charge in [-0.1, -0.05) is 18.6 Å². The van der Waals surface area contributed by atoms with Gasteiger partial charge in [0, 0.05) is 56.3 Å². The van der Waals surface area contributed by atoms with Crippen molar-refractivity contribution in [1.29, 1.82) is 0 Å². The van der Waals surface area contributed by atoms with Crippen molar-refractivity contribution in [1.82, 2.24) is 19.4 Å². The fraction of sp³-hybridized carbons (Fsp3) is 0.393. The second-order valence-corrected chi connectivity index (χ2v) is 9.30. The van der Waals surface area contributed by atoms with Gasteiger partial charge in [0.05, 0.1) is 12.7 Å². The molecular weight excluding hydrogens is 440 g/mol. The van der Waals surface area contributed by atoms with Gasteiger partial charge in [0.15, 0.2) is 0 Å². The molecule has 7 heteroatoms. The number of para-hydroxylation sites is 1. The summed E-state index contributed by atoms with van der Waals surface area (Å²) in [7, 11) is 1.58. The Labute approximate surface area is 206 Å². The molecule has 0 aliphatic carbocycles. The molecule has 0 bridgehead atoms. The first-order valence-electron chi connectivity index (χ1n) is 12.5. The fourth-order valence-corrected chi connectivity index (χ4v) is 5.28. The highest BCUT2D eigenvalue weighted by Crippen LogP contribution is 2.27. The quantitative estimate of drug-likeness (QED) is 0.548. The molecule has 0 radical (unpaired) electrons. The summed E-state index contributed by atoms with van der Waals surface area (Å²) >= 11 is 0. The SMILES string of the molecule is COc1ccccc1C(=O)N1CCc2c(cc(-c3ccncc3)c(=O)n2CCN2CCCCC2)C1. The summed E-state index contributed by atoms with van der Waals surface area (Å²) < 4.78 is 7.39. The lowest BCUT2D eigenvalue weighted by Gasteiger charge is -2.32. The van der Waals surface area contributed by atoms with E-state index >= 15 is 0 Å². The van der Waals surface area contributed by atoms with Crippen LogP contribution in [-0.4, -0.2) is 58.5 Å². The molecule has 1 fully saturated rings. The van der Waals surface area contributed by atoms with Crippen LogP contribution in [0.5, 0.6) is 5.75 Å². The number of piperidine rings is 1. The molecule has 1 saturated heterocycles. The zero-order chi connectivity index (χ0) is 24.2. The minimum atomic E-state index is -0.0513. The summed E-state index contributed by atoms with van der Waals surface area (Å²) in [5.74, 6) is 0.525. The predicted molar refractivity (Wildman–Crippen MR) is 136 cm³/mol. The van der Waals surface area contributed by atoms with Crippen molar-refractivity contribution < 1.29 is 9.53 Å². The van der Waals surface area contributed by atoms with E-state index in [1.165, 1.54) is 19.3 Å². The number of hydrogen-bond acceptors (Lipinski definition) is 5. The van der Waals surface area contributed by atoms with E-state index in [0.29, 0.717) is 42.9 Å². The molecule has 35 heavy (non-hydrogen) atoms.